The van der Waals surface area contributed by atoms with Crippen molar-refractivity contribution in [1.29, 1.82) is 0 Å². The third kappa shape index (κ3) is 4.11. The second kappa shape index (κ2) is 7.81. The van der Waals surface area contributed by atoms with Crippen molar-refractivity contribution >= 4 is 32.4 Å². The lowest BCUT2D eigenvalue weighted by Crippen LogP contribution is -2.22. The van der Waals surface area contributed by atoms with Gasteiger partial charge >= 0.3 is 0 Å². The quantitative estimate of drug-likeness (QED) is 0.841. The first kappa shape index (κ1) is 18.9. The number of hydrogen-bond acceptors (Lipinski definition) is 6. The number of anilines is 1. The highest BCUT2D eigenvalue weighted by Crippen LogP contribution is 2.35. The number of carbonyl (C=O) groups is 1. The van der Waals surface area contributed by atoms with Crippen LogP contribution in [0.25, 0.3) is 0 Å². The summed E-state index contributed by atoms with van der Waals surface area (Å²) in [4.78, 5) is 12.5. The highest BCUT2D eigenvalue weighted by Gasteiger charge is 2.21. The number of hydrogen-bond donors (Lipinski definition) is 1. The maximum atomic E-state index is 12.4. The molecule has 0 saturated heterocycles. The molecule has 0 radical (unpaired) electrons. The number of nitrogens with one attached hydrogen (secondary N) is 1. The molecule has 1 aliphatic rings. The van der Waals surface area contributed by atoms with E-state index in [4.69, 9.17) is 0 Å². The third-order valence-electron chi connectivity index (χ3n) is 4.51. The van der Waals surface area contributed by atoms with Gasteiger partial charge in [0.05, 0.1) is 4.90 Å². The largest absolute Gasteiger partial charge is 0.296 e. The van der Waals surface area contributed by atoms with E-state index in [1.165, 1.54) is 69.0 Å². The summed E-state index contributed by atoms with van der Waals surface area (Å²) in [7, 11) is -0.571. The monoisotopic (exact) mass is 394 g/mol. The van der Waals surface area contributed by atoms with Crippen LogP contribution in [-0.4, -0.2) is 42.9 Å². The maximum absolute atomic E-state index is 12.4. The lowest BCUT2D eigenvalue weighted by Gasteiger charge is -2.18. The van der Waals surface area contributed by atoms with Crippen molar-refractivity contribution in [3.63, 3.8) is 0 Å². The number of carbonyl (C=O) groups excluding carboxylic acids is 1. The SMILES string of the molecule is CN(C)S(=O)(=O)c1ccc(C(=O)Nc2nnc(C3CCCCC3)s2)cc1. The first-order valence-corrected chi connectivity index (χ1v) is 10.8. The van der Waals surface area contributed by atoms with Crippen molar-refractivity contribution in [2.75, 3.05) is 19.4 Å². The smallest absolute Gasteiger partial charge is 0.257 e. The first-order valence-electron chi connectivity index (χ1n) is 8.55. The zero-order chi connectivity index (χ0) is 18.7. The fourth-order valence-corrected chi connectivity index (χ4v) is 4.77. The van der Waals surface area contributed by atoms with Crippen LogP contribution in [0.4, 0.5) is 5.13 Å². The molecule has 1 saturated carbocycles. The average Bonchev–Trinajstić information content (AvgIpc) is 3.11. The lowest BCUT2D eigenvalue weighted by atomic mass is 9.90. The van der Waals surface area contributed by atoms with Crippen LogP contribution in [-0.2, 0) is 10.0 Å². The van der Waals surface area contributed by atoms with E-state index in [1.54, 1.807) is 0 Å². The van der Waals surface area contributed by atoms with Crippen LogP contribution >= 0.6 is 11.3 Å². The van der Waals surface area contributed by atoms with E-state index in [-0.39, 0.29) is 10.8 Å². The second-order valence-corrected chi connectivity index (χ2v) is 9.71. The Hall–Kier alpha value is -1.84. The Bertz CT molecular complexity index is 870. The lowest BCUT2D eigenvalue weighted by molar-refractivity contribution is 0.102. The molecule has 1 amide bonds. The zero-order valence-electron chi connectivity index (χ0n) is 14.8. The van der Waals surface area contributed by atoms with E-state index >= 15 is 0 Å². The molecule has 0 aliphatic heterocycles. The van der Waals surface area contributed by atoms with Crippen LogP contribution in [0, 0.1) is 0 Å². The number of nitrogens with zero attached hydrogens (tertiary/aromatic N) is 3. The van der Waals surface area contributed by atoms with Gasteiger partial charge in [0.2, 0.25) is 15.2 Å². The summed E-state index contributed by atoms with van der Waals surface area (Å²) in [5.41, 5.74) is 0.372. The number of aromatic nitrogens is 2. The van der Waals surface area contributed by atoms with Crippen molar-refractivity contribution in [3.8, 4) is 0 Å². The summed E-state index contributed by atoms with van der Waals surface area (Å²) >= 11 is 1.42. The van der Waals surface area contributed by atoms with Crippen molar-refractivity contribution in [2.45, 2.75) is 42.9 Å². The van der Waals surface area contributed by atoms with Crippen molar-refractivity contribution in [2.24, 2.45) is 0 Å². The molecule has 1 aromatic heterocycles. The van der Waals surface area contributed by atoms with Crippen LogP contribution < -0.4 is 5.32 Å². The van der Waals surface area contributed by atoms with E-state index in [9.17, 15) is 13.2 Å². The molecule has 1 fully saturated rings. The molecule has 1 aromatic carbocycles. The van der Waals surface area contributed by atoms with Gasteiger partial charge in [0.15, 0.2) is 0 Å². The maximum Gasteiger partial charge on any atom is 0.257 e. The topological polar surface area (TPSA) is 92.3 Å². The van der Waals surface area contributed by atoms with E-state index in [1.807, 2.05) is 0 Å². The fraction of sp³-hybridized carbons (Fsp3) is 0.471. The summed E-state index contributed by atoms with van der Waals surface area (Å²) in [5.74, 6) is 0.118. The van der Waals surface area contributed by atoms with Gasteiger partial charge in [-0.05, 0) is 37.1 Å². The second-order valence-electron chi connectivity index (χ2n) is 6.55. The minimum atomic E-state index is -3.51. The Morgan fingerprint density at radius 2 is 1.77 bits per heavy atom. The van der Waals surface area contributed by atoms with Gasteiger partial charge in [-0.2, -0.15) is 0 Å². The predicted molar refractivity (Wildman–Crippen MR) is 101 cm³/mol. The van der Waals surface area contributed by atoms with Gasteiger partial charge < -0.3 is 0 Å². The number of rotatable bonds is 5. The Balaban J connectivity index is 1.68. The predicted octanol–water partition coefficient (Wildman–Crippen LogP) is 3.09. The number of amides is 1. The number of benzene rings is 1. The van der Waals surface area contributed by atoms with Gasteiger partial charge in [0.25, 0.3) is 5.91 Å². The molecule has 1 aliphatic carbocycles. The molecule has 7 nitrogen and oxygen atoms in total. The molecule has 0 unspecified atom stereocenters. The van der Waals surface area contributed by atoms with Gasteiger partial charge in [-0.25, -0.2) is 12.7 Å². The Morgan fingerprint density at radius 1 is 1.12 bits per heavy atom. The van der Waals surface area contributed by atoms with Crippen LogP contribution in [0.15, 0.2) is 29.2 Å². The normalized spacial score (nSPS) is 16.0. The molecule has 1 N–H and O–H groups in total. The summed E-state index contributed by atoms with van der Waals surface area (Å²) in [6, 6.07) is 5.85. The van der Waals surface area contributed by atoms with Crippen LogP contribution in [0.2, 0.25) is 0 Å². The molecular weight excluding hydrogens is 372 g/mol. The standard InChI is InChI=1S/C17H22N4O3S2/c1-21(2)26(23,24)14-10-8-12(9-11-14)15(22)18-17-20-19-16(25-17)13-6-4-3-5-7-13/h8-11,13H,3-7H2,1-2H3,(H,18,20,22). The van der Waals surface area contributed by atoms with Gasteiger partial charge in [0.1, 0.15) is 5.01 Å². The fourth-order valence-electron chi connectivity index (χ4n) is 2.96. The van der Waals surface area contributed by atoms with Crippen LogP contribution in [0.5, 0.6) is 0 Å². The van der Waals surface area contributed by atoms with Gasteiger partial charge in [-0.3, -0.25) is 10.1 Å². The van der Waals surface area contributed by atoms with E-state index < -0.39 is 10.0 Å². The molecule has 0 atom stereocenters. The van der Waals surface area contributed by atoms with E-state index in [0.717, 1.165) is 22.2 Å². The summed E-state index contributed by atoms with van der Waals surface area (Å²) in [6.45, 7) is 0. The molecular formula is C17H22N4O3S2. The Labute approximate surface area is 157 Å². The highest BCUT2D eigenvalue weighted by atomic mass is 32.2. The molecule has 3 rings (SSSR count). The molecule has 1 heterocycles. The van der Waals surface area contributed by atoms with E-state index in [2.05, 4.69) is 15.5 Å². The molecule has 26 heavy (non-hydrogen) atoms. The Kier molecular flexibility index (Phi) is 5.69. The third-order valence-corrected chi connectivity index (χ3v) is 7.34. The van der Waals surface area contributed by atoms with Crippen LogP contribution in [0.3, 0.4) is 0 Å². The summed E-state index contributed by atoms with van der Waals surface area (Å²) < 4.78 is 25.3. The average molecular weight is 395 g/mol. The number of sulfonamides is 1. The molecule has 0 bridgehead atoms. The zero-order valence-corrected chi connectivity index (χ0v) is 16.4. The molecule has 0 spiro atoms. The van der Waals surface area contributed by atoms with Gasteiger partial charge in [-0.1, -0.05) is 30.6 Å². The summed E-state index contributed by atoms with van der Waals surface area (Å²) in [5, 5.41) is 12.5. The minimum absolute atomic E-state index is 0.148. The summed E-state index contributed by atoms with van der Waals surface area (Å²) in [6.07, 6.45) is 5.97. The van der Waals surface area contributed by atoms with Gasteiger partial charge in [0, 0.05) is 25.6 Å². The molecule has 2 aromatic rings. The van der Waals surface area contributed by atoms with Gasteiger partial charge in [-0.15, -0.1) is 10.2 Å². The highest BCUT2D eigenvalue weighted by molar-refractivity contribution is 7.89. The molecule has 9 heteroatoms. The first-order chi connectivity index (χ1) is 12.4. The molecule has 140 valence electrons. The Morgan fingerprint density at radius 3 is 2.38 bits per heavy atom. The van der Waals surface area contributed by atoms with Crippen molar-refractivity contribution in [1.82, 2.24) is 14.5 Å². The van der Waals surface area contributed by atoms with Crippen molar-refractivity contribution in [3.05, 3.63) is 34.8 Å². The van der Waals surface area contributed by atoms with E-state index in [0.29, 0.717) is 16.6 Å². The van der Waals surface area contributed by atoms with Crippen LogP contribution in [0.1, 0.15) is 53.4 Å². The minimum Gasteiger partial charge on any atom is -0.296 e. The van der Waals surface area contributed by atoms with Crippen molar-refractivity contribution < 1.29 is 13.2 Å².